The van der Waals surface area contributed by atoms with Crippen LogP contribution < -0.4 is 4.74 Å². The van der Waals surface area contributed by atoms with Crippen LogP contribution in [-0.4, -0.2) is 17.8 Å². The van der Waals surface area contributed by atoms with E-state index in [0.29, 0.717) is 32.5 Å². The highest BCUT2D eigenvalue weighted by atomic mass is 35.5. The first-order valence-corrected chi connectivity index (χ1v) is 10.0. The molecule has 7 heteroatoms. The van der Waals surface area contributed by atoms with Crippen LogP contribution in [0.3, 0.4) is 0 Å². The molecule has 0 radical (unpaired) electrons. The highest BCUT2D eigenvalue weighted by molar-refractivity contribution is 6.37. The van der Waals surface area contributed by atoms with Crippen molar-refractivity contribution in [3.8, 4) is 5.75 Å². The Hall–Kier alpha value is -3.41. The summed E-state index contributed by atoms with van der Waals surface area (Å²) in [7, 11) is 0. The molecule has 1 aliphatic rings. The number of nitrogens with zero attached hydrogens (tertiary/aromatic N) is 1. The van der Waals surface area contributed by atoms with Crippen LogP contribution in [0.5, 0.6) is 5.75 Å². The van der Waals surface area contributed by atoms with Gasteiger partial charge in [-0.15, -0.1) is 0 Å². The largest absolute Gasteiger partial charge is 0.423 e. The summed E-state index contributed by atoms with van der Waals surface area (Å²) in [6.45, 7) is 1.90. The Balaban J connectivity index is 1.50. The van der Waals surface area contributed by atoms with Gasteiger partial charge in [-0.1, -0.05) is 53.0 Å². The molecule has 0 aliphatic carbocycles. The van der Waals surface area contributed by atoms with E-state index in [0.717, 1.165) is 5.56 Å². The number of hydrogen-bond donors (Lipinski definition) is 0. The first-order chi connectivity index (χ1) is 14.9. The Bertz CT molecular complexity index is 1250. The summed E-state index contributed by atoms with van der Waals surface area (Å²) < 4.78 is 10.6. The van der Waals surface area contributed by atoms with Gasteiger partial charge in [-0.3, -0.25) is 0 Å². The summed E-state index contributed by atoms with van der Waals surface area (Å²) in [4.78, 5) is 28.7. The summed E-state index contributed by atoms with van der Waals surface area (Å²) >= 11 is 12.1. The van der Waals surface area contributed by atoms with Crippen LogP contribution in [-0.2, 0) is 9.53 Å². The van der Waals surface area contributed by atoms with E-state index in [4.69, 9.17) is 32.7 Å². The molecule has 0 aromatic heterocycles. The van der Waals surface area contributed by atoms with Crippen molar-refractivity contribution in [3.63, 3.8) is 0 Å². The Kier molecular flexibility index (Phi) is 5.89. The van der Waals surface area contributed by atoms with Crippen molar-refractivity contribution in [2.24, 2.45) is 4.99 Å². The first kappa shape index (κ1) is 20.8. The van der Waals surface area contributed by atoms with Crippen molar-refractivity contribution >= 4 is 47.1 Å². The third-order valence-electron chi connectivity index (χ3n) is 4.43. The second-order valence-electron chi connectivity index (χ2n) is 6.79. The molecule has 3 aromatic rings. The Morgan fingerprint density at radius 3 is 2.52 bits per heavy atom. The number of ether oxygens (including phenoxy) is 2. The number of cyclic esters (lactones) is 1. The number of aryl methyl sites for hydroxylation is 1. The minimum Gasteiger partial charge on any atom is -0.423 e. The zero-order chi connectivity index (χ0) is 22.0. The van der Waals surface area contributed by atoms with Crippen molar-refractivity contribution in [1.29, 1.82) is 0 Å². The average molecular weight is 452 g/mol. The lowest BCUT2D eigenvalue weighted by molar-refractivity contribution is -0.129. The van der Waals surface area contributed by atoms with E-state index in [-0.39, 0.29) is 11.6 Å². The van der Waals surface area contributed by atoms with E-state index < -0.39 is 11.9 Å². The van der Waals surface area contributed by atoms with Gasteiger partial charge in [0.25, 0.3) is 0 Å². The maximum atomic E-state index is 12.3. The molecule has 154 valence electrons. The molecule has 4 rings (SSSR count). The quantitative estimate of drug-likeness (QED) is 0.282. The number of hydrogen-bond acceptors (Lipinski definition) is 5. The molecule has 0 fully saturated rings. The molecule has 0 saturated heterocycles. The van der Waals surface area contributed by atoms with Crippen LogP contribution in [0, 0.1) is 6.92 Å². The number of aliphatic imine (C=N–C) groups is 1. The van der Waals surface area contributed by atoms with Gasteiger partial charge in [-0.25, -0.2) is 14.6 Å². The van der Waals surface area contributed by atoms with Gasteiger partial charge in [0.1, 0.15) is 5.75 Å². The lowest BCUT2D eigenvalue weighted by Gasteiger charge is -2.05. The fraction of sp³-hybridized carbons (Fsp3) is 0.0417. The predicted octanol–water partition coefficient (Wildman–Crippen LogP) is 5.87. The Labute approximate surface area is 188 Å². The summed E-state index contributed by atoms with van der Waals surface area (Å²) in [5, 5.41) is 0.803. The van der Waals surface area contributed by atoms with Crippen molar-refractivity contribution in [1.82, 2.24) is 0 Å². The van der Waals surface area contributed by atoms with Crippen molar-refractivity contribution in [3.05, 3.63) is 105 Å². The second-order valence-corrected chi connectivity index (χ2v) is 7.63. The number of halogens is 2. The number of carbonyl (C=O) groups is 2. The van der Waals surface area contributed by atoms with E-state index in [9.17, 15) is 9.59 Å². The third-order valence-corrected chi connectivity index (χ3v) is 4.98. The normalized spacial score (nSPS) is 14.4. The molecule has 31 heavy (non-hydrogen) atoms. The van der Waals surface area contributed by atoms with Crippen LogP contribution in [0.15, 0.2) is 77.4 Å². The molecule has 3 aromatic carbocycles. The molecule has 0 N–H and O–H groups in total. The Morgan fingerprint density at radius 1 is 1.03 bits per heavy atom. The average Bonchev–Trinajstić information content (AvgIpc) is 3.09. The standard InChI is InChI=1S/C24H15Cl2NO4/c1-14-3-2-4-16(11-14)23(28)30-18-8-5-15(6-9-18)12-21-24(29)31-22(27-21)19-10-7-17(25)13-20(19)26/h2-13H,1H3/b21-12-. The molecular formula is C24H15Cl2NO4. The maximum Gasteiger partial charge on any atom is 0.363 e. The van der Waals surface area contributed by atoms with Crippen LogP contribution in [0.2, 0.25) is 10.0 Å². The van der Waals surface area contributed by atoms with Gasteiger partial charge in [-0.05, 0) is 61.0 Å². The summed E-state index contributed by atoms with van der Waals surface area (Å²) in [6.07, 6.45) is 1.57. The number of benzene rings is 3. The van der Waals surface area contributed by atoms with Gasteiger partial charge in [0.15, 0.2) is 5.70 Å². The minimum absolute atomic E-state index is 0.113. The smallest absolute Gasteiger partial charge is 0.363 e. The highest BCUT2D eigenvalue weighted by Gasteiger charge is 2.25. The fourth-order valence-corrected chi connectivity index (χ4v) is 3.40. The van der Waals surface area contributed by atoms with Crippen LogP contribution in [0.25, 0.3) is 6.08 Å². The summed E-state index contributed by atoms with van der Waals surface area (Å²) in [6, 6.07) is 18.7. The van der Waals surface area contributed by atoms with Gasteiger partial charge in [0, 0.05) is 5.02 Å². The van der Waals surface area contributed by atoms with Crippen molar-refractivity contribution in [2.75, 3.05) is 0 Å². The third kappa shape index (κ3) is 4.85. The first-order valence-electron chi connectivity index (χ1n) is 9.26. The second kappa shape index (κ2) is 8.76. The minimum atomic E-state index is -0.587. The topological polar surface area (TPSA) is 65.0 Å². The predicted molar refractivity (Wildman–Crippen MR) is 120 cm³/mol. The molecule has 5 nitrogen and oxygen atoms in total. The molecule has 0 unspecified atom stereocenters. The van der Waals surface area contributed by atoms with Gasteiger partial charge in [0.2, 0.25) is 5.90 Å². The molecule has 1 heterocycles. The van der Waals surface area contributed by atoms with Gasteiger partial charge in [-0.2, -0.15) is 0 Å². The number of carbonyl (C=O) groups excluding carboxylic acids is 2. The van der Waals surface area contributed by atoms with E-state index >= 15 is 0 Å². The van der Waals surface area contributed by atoms with Gasteiger partial charge >= 0.3 is 11.9 Å². The number of rotatable bonds is 4. The molecule has 0 spiro atoms. The van der Waals surface area contributed by atoms with Crippen LogP contribution >= 0.6 is 23.2 Å². The highest BCUT2D eigenvalue weighted by Crippen LogP contribution is 2.26. The molecule has 1 aliphatic heterocycles. The van der Waals surface area contributed by atoms with Crippen LogP contribution in [0.1, 0.15) is 27.0 Å². The lowest BCUT2D eigenvalue weighted by Crippen LogP contribution is -2.08. The monoisotopic (exact) mass is 451 g/mol. The molecule has 0 saturated carbocycles. The van der Waals surface area contributed by atoms with Crippen molar-refractivity contribution in [2.45, 2.75) is 6.92 Å². The molecule has 0 atom stereocenters. The SMILES string of the molecule is Cc1cccc(C(=O)Oc2ccc(/C=C3\N=C(c4ccc(Cl)cc4Cl)OC3=O)cc2)c1. The van der Waals surface area contributed by atoms with Crippen LogP contribution in [0.4, 0.5) is 0 Å². The van der Waals surface area contributed by atoms with E-state index in [1.54, 1.807) is 66.7 Å². The van der Waals surface area contributed by atoms with E-state index in [1.165, 1.54) is 0 Å². The van der Waals surface area contributed by atoms with Crippen molar-refractivity contribution < 1.29 is 19.1 Å². The van der Waals surface area contributed by atoms with E-state index in [1.807, 2.05) is 13.0 Å². The van der Waals surface area contributed by atoms with Gasteiger partial charge < -0.3 is 9.47 Å². The lowest BCUT2D eigenvalue weighted by atomic mass is 10.1. The molecule has 0 amide bonds. The number of esters is 2. The maximum absolute atomic E-state index is 12.3. The van der Waals surface area contributed by atoms with E-state index in [2.05, 4.69) is 4.99 Å². The zero-order valence-electron chi connectivity index (χ0n) is 16.3. The Morgan fingerprint density at radius 2 is 1.81 bits per heavy atom. The molecular weight excluding hydrogens is 437 g/mol. The zero-order valence-corrected chi connectivity index (χ0v) is 17.8. The molecule has 0 bridgehead atoms. The summed E-state index contributed by atoms with van der Waals surface area (Å²) in [5.41, 5.74) is 2.74. The summed E-state index contributed by atoms with van der Waals surface area (Å²) in [5.74, 6) is -0.527. The van der Waals surface area contributed by atoms with Gasteiger partial charge in [0.05, 0.1) is 16.1 Å². The fourth-order valence-electron chi connectivity index (χ4n) is 2.92.